The van der Waals surface area contributed by atoms with Crippen LogP contribution in [0.5, 0.6) is 5.88 Å². The van der Waals surface area contributed by atoms with Gasteiger partial charge in [-0.1, -0.05) is 31.8 Å². The quantitative estimate of drug-likeness (QED) is 0.431. The first kappa shape index (κ1) is 28.1. The molecular weight excluding hydrogens is 494 g/mol. The summed E-state index contributed by atoms with van der Waals surface area (Å²) >= 11 is 0. The zero-order valence-corrected chi connectivity index (χ0v) is 23.7. The molecule has 39 heavy (non-hydrogen) atoms. The molecule has 1 amide bonds. The first-order valence-electron chi connectivity index (χ1n) is 13.1. The van der Waals surface area contributed by atoms with Gasteiger partial charge in [-0.25, -0.2) is 9.89 Å². The normalized spacial score (nSPS) is 24.1. The minimum Gasteiger partial charge on any atom is -0.444 e. The fourth-order valence-electron chi connectivity index (χ4n) is 5.82. The maximum absolute atomic E-state index is 12.2. The molecule has 1 unspecified atom stereocenters. The van der Waals surface area contributed by atoms with Crippen LogP contribution < -0.4 is 15.8 Å². The van der Waals surface area contributed by atoms with Gasteiger partial charge in [-0.3, -0.25) is 0 Å². The number of aryl methyl sites for hydroxylation is 1. The monoisotopic (exact) mass is 531 g/mol. The highest BCUT2D eigenvalue weighted by atomic mass is 16.6. The lowest BCUT2D eigenvalue weighted by Crippen LogP contribution is -2.55. The number of amides is 1. The predicted molar refractivity (Wildman–Crippen MR) is 146 cm³/mol. The van der Waals surface area contributed by atoms with E-state index in [0.29, 0.717) is 35.6 Å². The zero-order valence-electron chi connectivity index (χ0n) is 23.7. The number of hydrogen-bond acceptors (Lipinski definition) is 7. The van der Waals surface area contributed by atoms with E-state index in [1.807, 2.05) is 66.7 Å². The first-order valence-corrected chi connectivity index (χ1v) is 13.1. The molecular formula is C30H37N5O4. The summed E-state index contributed by atoms with van der Waals surface area (Å²) in [6.45, 7) is 13.2. The van der Waals surface area contributed by atoms with E-state index in [2.05, 4.69) is 33.4 Å². The predicted octanol–water partition coefficient (Wildman–Crippen LogP) is 4.28. The Labute approximate surface area is 229 Å². The minimum atomic E-state index is -0.947. The fraction of sp³-hybridized carbons (Fsp3) is 0.500. The van der Waals surface area contributed by atoms with Crippen molar-refractivity contribution in [2.24, 2.45) is 17.6 Å². The van der Waals surface area contributed by atoms with Crippen molar-refractivity contribution >= 4 is 6.09 Å². The number of benzene rings is 1. The summed E-state index contributed by atoms with van der Waals surface area (Å²) in [6.07, 6.45) is 0.977. The number of nitrogens with two attached hydrogens (primary N) is 1. The summed E-state index contributed by atoms with van der Waals surface area (Å²) in [5.74, 6) is 7.02. The number of aromatic nitrogens is 2. The average molecular weight is 532 g/mol. The zero-order chi connectivity index (χ0) is 28.8. The number of nitriles is 1. The maximum atomic E-state index is 12.2. The van der Waals surface area contributed by atoms with Gasteiger partial charge in [-0.2, -0.15) is 10.4 Å². The highest BCUT2D eigenvalue weighted by Gasteiger charge is 2.50. The molecule has 1 atom stereocenters. The molecule has 2 heterocycles. The highest BCUT2D eigenvalue weighted by Crippen LogP contribution is 2.52. The van der Waals surface area contributed by atoms with Crippen LogP contribution in [0, 0.1) is 41.9 Å². The third kappa shape index (κ3) is 5.20. The molecule has 1 saturated carbocycles. The van der Waals surface area contributed by atoms with Gasteiger partial charge < -0.3 is 25.6 Å². The fourth-order valence-corrected chi connectivity index (χ4v) is 5.82. The van der Waals surface area contributed by atoms with Crippen LogP contribution in [0.1, 0.15) is 82.3 Å². The lowest BCUT2D eigenvalue weighted by Gasteiger charge is -2.43. The van der Waals surface area contributed by atoms with Gasteiger partial charge in [0, 0.05) is 17.0 Å². The van der Waals surface area contributed by atoms with Gasteiger partial charge in [-0.05, 0) is 76.6 Å². The second-order valence-corrected chi connectivity index (χ2v) is 12.1. The lowest BCUT2D eigenvalue weighted by atomic mass is 9.61. The number of aliphatic hydroxyl groups is 1. The Kier molecular flexibility index (Phi) is 7.18. The number of carbonyl (C=O) groups is 1. The molecule has 1 aromatic heterocycles. The molecule has 1 aliphatic heterocycles. The van der Waals surface area contributed by atoms with Crippen molar-refractivity contribution in [1.82, 2.24) is 15.5 Å². The summed E-state index contributed by atoms with van der Waals surface area (Å²) in [7, 11) is 0. The van der Waals surface area contributed by atoms with Crippen molar-refractivity contribution in [3.05, 3.63) is 57.6 Å². The first-order chi connectivity index (χ1) is 18.2. The molecule has 2 aromatic rings. The summed E-state index contributed by atoms with van der Waals surface area (Å²) < 4.78 is 11.1. The number of hydrogen-bond donors (Lipinski definition) is 4. The standard InChI is InChI=1S/C30H37N5O4/c1-17(2)30(23(15-31)25(32)38-26-24(30)18(3)34-35-26)22-11-19(10-21(12-22)16-36)8-9-20-13-29(7,14-20)33-27(37)39-28(4,5)6/h10-12,17,20,36H,13-14,16,32H2,1-7H3,(H,33,37)(H,34,35)/t20-,29-,30?. The molecule has 206 valence electrons. The van der Waals surface area contributed by atoms with E-state index in [0.717, 1.165) is 16.7 Å². The summed E-state index contributed by atoms with van der Waals surface area (Å²) in [4.78, 5) is 12.2. The molecule has 9 nitrogen and oxygen atoms in total. The number of carbonyl (C=O) groups excluding carboxylic acids is 1. The van der Waals surface area contributed by atoms with Crippen molar-refractivity contribution in [3.8, 4) is 23.8 Å². The number of aromatic amines is 1. The summed E-state index contributed by atoms with van der Waals surface area (Å²) in [5.41, 5.74) is 8.31. The highest BCUT2D eigenvalue weighted by molar-refractivity contribution is 5.69. The van der Waals surface area contributed by atoms with E-state index in [-0.39, 0.29) is 29.9 Å². The van der Waals surface area contributed by atoms with Crippen LogP contribution in [0.25, 0.3) is 0 Å². The Hall–Kier alpha value is -3.95. The minimum absolute atomic E-state index is 0.0237. The summed E-state index contributed by atoms with van der Waals surface area (Å²) in [6, 6.07) is 7.99. The van der Waals surface area contributed by atoms with Crippen LogP contribution in [-0.4, -0.2) is 32.5 Å². The number of H-pyrrole nitrogens is 1. The van der Waals surface area contributed by atoms with Crippen LogP contribution in [0.4, 0.5) is 4.79 Å². The SMILES string of the molecule is Cc1n[nH]c2c1C(c1cc(C#C[C@H]3C[C@](C)(NC(=O)OC(C)(C)C)C3)cc(CO)c1)(C(C)C)C(C#N)=C(N)O2. The number of nitrogens with zero attached hydrogens (tertiary/aromatic N) is 2. The van der Waals surface area contributed by atoms with Gasteiger partial charge in [0.1, 0.15) is 17.2 Å². The molecule has 0 bridgehead atoms. The molecule has 2 aliphatic rings. The van der Waals surface area contributed by atoms with Crippen molar-refractivity contribution in [1.29, 1.82) is 5.26 Å². The van der Waals surface area contributed by atoms with E-state index in [9.17, 15) is 15.2 Å². The van der Waals surface area contributed by atoms with E-state index in [4.69, 9.17) is 15.2 Å². The number of fused-ring (bicyclic) bond motifs is 1. The number of ether oxygens (including phenoxy) is 2. The van der Waals surface area contributed by atoms with E-state index in [1.54, 1.807) is 0 Å². The van der Waals surface area contributed by atoms with Gasteiger partial charge in [0.25, 0.3) is 0 Å². The molecule has 0 radical (unpaired) electrons. The molecule has 1 aromatic carbocycles. The Morgan fingerprint density at radius 2 is 2.05 bits per heavy atom. The van der Waals surface area contributed by atoms with Gasteiger partial charge in [0.15, 0.2) is 0 Å². The number of allylic oxidation sites excluding steroid dienone is 1. The van der Waals surface area contributed by atoms with Crippen LogP contribution in [0.15, 0.2) is 29.7 Å². The summed E-state index contributed by atoms with van der Waals surface area (Å²) in [5, 5.41) is 30.6. The number of aliphatic hydroxyl groups excluding tert-OH is 1. The smallest absolute Gasteiger partial charge is 0.408 e. The lowest BCUT2D eigenvalue weighted by molar-refractivity contribution is 0.0370. The third-order valence-corrected chi connectivity index (χ3v) is 7.39. The molecule has 0 spiro atoms. The van der Waals surface area contributed by atoms with Crippen molar-refractivity contribution in [3.63, 3.8) is 0 Å². The Balaban J connectivity index is 1.69. The number of rotatable bonds is 4. The Morgan fingerprint density at radius 3 is 2.64 bits per heavy atom. The van der Waals surface area contributed by atoms with E-state index < -0.39 is 17.1 Å². The van der Waals surface area contributed by atoms with Crippen LogP contribution in [0.2, 0.25) is 0 Å². The van der Waals surface area contributed by atoms with Gasteiger partial charge in [-0.15, -0.1) is 0 Å². The third-order valence-electron chi connectivity index (χ3n) is 7.39. The van der Waals surface area contributed by atoms with Crippen molar-refractivity contribution in [2.45, 2.75) is 84.5 Å². The molecule has 1 aliphatic carbocycles. The number of nitrogens with one attached hydrogen (secondary N) is 2. The van der Waals surface area contributed by atoms with Crippen LogP contribution >= 0.6 is 0 Å². The van der Waals surface area contributed by atoms with Gasteiger partial charge >= 0.3 is 6.09 Å². The Bertz CT molecular complexity index is 1420. The average Bonchev–Trinajstić information content (AvgIpc) is 3.18. The molecule has 4 rings (SSSR count). The topological polar surface area (TPSA) is 146 Å². The largest absolute Gasteiger partial charge is 0.444 e. The molecule has 5 N–H and O–H groups in total. The maximum Gasteiger partial charge on any atom is 0.408 e. The Morgan fingerprint density at radius 1 is 1.36 bits per heavy atom. The van der Waals surface area contributed by atoms with E-state index in [1.165, 1.54) is 0 Å². The molecule has 1 fully saturated rings. The van der Waals surface area contributed by atoms with Crippen LogP contribution in [0.3, 0.4) is 0 Å². The van der Waals surface area contributed by atoms with E-state index >= 15 is 0 Å². The van der Waals surface area contributed by atoms with Crippen LogP contribution in [-0.2, 0) is 16.8 Å². The molecule has 0 saturated heterocycles. The van der Waals surface area contributed by atoms with Gasteiger partial charge in [0.05, 0.1) is 23.3 Å². The second-order valence-electron chi connectivity index (χ2n) is 12.1. The van der Waals surface area contributed by atoms with Crippen molar-refractivity contribution in [2.75, 3.05) is 0 Å². The van der Waals surface area contributed by atoms with Gasteiger partial charge in [0.2, 0.25) is 11.8 Å². The number of alkyl carbamates (subject to hydrolysis) is 1. The van der Waals surface area contributed by atoms with Crippen molar-refractivity contribution < 1.29 is 19.4 Å². The second kappa shape index (κ2) is 9.98. The molecule has 9 heteroatoms.